The van der Waals surface area contributed by atoms with Crippen LogP contribution >= 0.6 is 0 Å². The summed E-state index contributed by atoms with van der Waals surface area (Å²) in [6, 6.07) is 6.63. The number of para-hydroxylation sites is 2. The number of nitrogens with zero attached hydrogens (tertiary/aromatic N) is 1. The van der Waals surface area contributed by atoms with E-state index < -0.39 is 12.7 Å². The maximum atomic E-state index is 12.5. The van der Waals surface area contributed by atoms with E-state index in [0.29, 0.717) is 31.6 Å². The molecule has 0 bridgehead atoms. The van der Waals surface area contributed by atoms with Crippen LogP contribution in [0.4, 0.5) is 14.5 Å². The van der Waals surface area contributed by atoms with Crippen molar-refractivity contribution in [2.45, 2.75) is 44.4 Å². The van der Waals surface area contributed by atoms with E-state index in [-0.39, 0.29) is 23.6 Å². The monoisotopic (exact) mass is 340 g/mol. The molecule has 3 atom stereocenters. The van der Waals surface area contributed by atoms with E-state index in [1.165, 1.54) is 6.07 Å². The number of carbonyl (C=O) groups is 1. The molecular weight excluding hydrogens is 318 g/mol. The highest BCUT2D eigenvalue weighted by atomic mass is 19.3. The molecule has 7 heteroatoms. The third-order valence-electron chi connectivity index (χ3n) is 4.77. The zero-order chi connectivity index (χ0) is 17.1. The number of aliphatic hydroxyl groups is 1. The number of aliphatic hydroxyl groups excluding tert-OH is 1. The molecule has 1 saturated carbocycles. The molecule has 3 unspecified atom stereocenters. The standard InChI is InChI=1S/C17H22F2N2O3/c18-17(19)24-15-7-2-1-5-13(15)21-9-8-11(10-21)20-16(23)12-4-3-6-14(12)22/h1-2,5,7,11-12,14,17,22H,3-4,6,8-10H2,(H,20,23). The third kappa shape index (κ3) is 3.77. The van der Waals surface area contributed by atoms with E-state index in [1.54, 1.807) is 18.2 Å². The summed E-state index contributed by atoms with van der Waals surface area (Å²) in [5.74, 6) is -0.289. The highest BCUT2D eigenvalue weighted by Gasteiger charge is 2.34. The molecule has 1 aromatic rings. The number of amides is 1. The molecule has 1 aromatic carbocycles. The van der Waals surface area contributed by atoms with Gasteiger partial charge in [0.05, 0.1) is 17.7 Å². The zero-order valence-electron chi connectivity index (χ0n) is 13.3. The molecule has 0 radical (unpaired) electrons. The Morgan fingerprint density at radius 3 is 2.79 bits per heavy atom. The SMILES string of the molecule is O=C(NC1CCN(c2ccccc2OC(F)F)C1)C1CCCC1O. The molecule has 1 aliphatic carbocycles. The molecule has 2 aliphatic rings. The Bertz CT molecular complexity index is 585. The van der Waals surface area contributed by atoms with Crippen molar-refractivity contribution in [2.75, 3.05) is 18.0 Å². The first-order valence-electron chi connectivity index (χ1n) is 8.32. The van der Waals surface area contributed by atoms with Crippen molar-refractivity contribution in [1.29, 1.82) is 0 Å². The van der Waals surface area contributed by atoms with Crippen LogP contribution in [0.15, 0.2) is 24.3 Å². The number of ether oxygens (including phenoxy) is 1. The van der Waals surface area contributed by atoms with E-state index in [1.807, 2.05) is 4.90 Å². The number of rotatable bonds is 5. The molecule has 2 fully saturated rings. The predicted molar refractivity (Wildman–Crippen MR) is 85.2 cm³/mol. The number of hydrogen-bond donors (Lipinski definition) is 2. The summed E-state index contributed by atoms with van der Waals surface area (Å²) in [6.07, 6.45) is 2.44. The molecule has 3 rings (SSSR count). The number of benzene rings is 1. The number of carbonyl (C=O) groups excluding carboxylic acids is 1. The Morgan fingerprint density at radius 1 is 1.29 bits per heavy atom. The van der Waals surface area contributed by atoms with Crippen molar-refractivity contribution in [3.63, 3.8) is 0 Å². The van der Waals surface area contributed by atoms with Crippen LogP contribution in [-0.2, 0) is 4.79 Å². The van der Waals surface area contributed by atoms with Gasteiger partial charge in [-0.1, -0.05) is 12.1 Å². The predicted octanol–water partition coefficient (Wildman–Crippen LogP) is 2.14. The first-order chi connectivity index (χ1) is 11.5. The summed E-state index contributed by atoms with van der Waals surface area (Å²) in [7, 11) is 0. The number of halogens is 2. The van der Waals surface area contributed by atoms with E-state index in [9.17, 15) is 18.7 Å². The fourth-order valence-electron chi connectivity index (χ4n) is 3.57. The summed E-state index contributed by atoms with van der Waals surface area (Å²) in [5.41, 5.74) is 0.607. The van der Waals surface area contributed by atoms with Gasteiger partial charge < -0.3 is 20.1 Å². The van der Waals surface area contributed by atoms with Crippen molar-refractivity contribution in [1.82, 2.24) is 5.32 Å². The van der Waals surface area contributed by atoms with Crippen LogP contribution in [-0.4, -0.2) is 42.9 Å². The largest absolute Gasteiger partial charge is 0.433 e. The number of nitrogens with one attached hydrogen (secondary N) is 1. The van der Waals surface area contributed by atoms with Gasteiger partial charge in [0.25, 0.3) is 0 Å². The quantitative estimate of drug-likeness (QED) is 0.862. The lowest BCUT2D eigenvalue weighted by molar-refractivity contribution is -0.128. The number of alkyl halides is 2. The van der Waals surface area contributed by atoms with Crippen molar-refractivity contribution in [2.24, 2.45) is 5.92 Å². The minimum absolute atomic E-state index is 0.0510. The van der Waals surface area contributed by atoms with Gasteiger partial charge in [-0.15, -0.1) is 0 Å². The van der Waals surface area contributed by atoms with Gasteiger partial charge in [-0.2, -0.15) is 8.78 Å². The lowest BCUT2D eigenvalue weighted by Crippen LogP contribution is -2.42. The van der Waals surface area contributed by atoms with Crippen LogP contribution in [0.2, 0.25) is 0 Å². The topological polar surface area (TPSA) is 61.8 Å². The summed E-state index contributed by atoms with van der Waals surface area (Å²) < 4.78 is 29.6. The van der Waals surface area contributed by atoms with Gasteiger partial charge in [0.1, 0.15) is 5.75 Å². The zero-order valence-corrected chi connectivity index (χ0v) is 13.3. The summed E-state index contributed by atoms with van der Waals surface area (Å²) in [5, 5.41) is 12.8. The molecule has 1 amide bonds. The molecule has 2 N–H and O–H groups in total. The van der Waals surface area contributed by atoms with Gasteiger partial charge in [0.15, 0.2) is 0 Å². The third-order valence-corrected chi connectivity index (χ3v) is 4.77. The minimum atomic E-state index is -2.87. The van der Waals surface area contributed by atoms with Crippen molar-refractivity contribution in [3.8, 4) is 5.75 Å². The molecule has 1 aliphatic heterocycles. The normalized spacial score (nSPS) is 26.8. The first kappa shape index (κ1) is 17.0. The van der Waals surface area contributed by atoms with Crippen LogP contribution in [0.5, 0.6) is 5.75 Å². The van der Waals surface area contributed by atoms with Gasteiger partial charge in [0, 0.05) is 19.1 Å². The Morgan fingerprint density at radius 2 is 2.08 bits per heavy atom. The van der Waals surface area contributed by atoms with E-state index in [0.717, 1.165) is 12.8 Å². The van der Waals surface area contributed by atoms with Crippen LogP contribution < -0.4 is 15.0 Å². The Balaban J connectivity index is 1.60. The van der Waals surface area contributed by atoms with Gasteiger partial charge in [0.2, 0.25) is 5.91 Å². The van der Waals surface area contributed by atoms with Gasteiger partial charge in [-0.05, 0) is 37.8 Å². The fraction of sp³-hybridized carbons (Fsp3) is 0.588. The molecule has 24 heavy (non-hydrogen) atoms. The average Bonchev–Trinajstić information content (AvgIpc) is 3.16. The average molecular weight is 340 g/mol. The first-order valence-corrected chi connectivity index (χ1v) is 8.32. The van der Waals surface area contributed by atoms with Crippen molar-refractivity contribution >= 4 is 11.6 Å². The lowest BCUT2D eigenvalue weighted by Gasteiger charge is -2.22. The Hall–Kier alpha value is -1.89. The smallest absolute Gasteiger partial charge is 0.387 e. The molecule has 0 spiro atoms. The second-order valence-corrected chi connectivity index (χ2v) is 6.39. The highest BCUT2D eigenvalue weighted by molar-refractivity contribution is 5.80. The maximum Gasteiger partial charge on any atom is 0.387 e. The summed E-state index contributed by atoms with van der Waals surface area (Å²) >= 11 is 0. The van der Waals surface area contributed by atoms with Crippen LogP contribution in [0.1, 0.15) is 25.7 Å². The second kappa shape index (κ2) is 7.34. The maximum absolute atomic E-state index is 12.5. The van der Waals surface area contributed by atoms with E-state index >= 15 is 0 Å². The van der Waals surface area contributed by atoms with Crippen LogP contribution in [0, 0.1) is 5.92 Å². The molecule has 0 aromatic heterocycles. The minimum Gasteiger partial charge on any atom is -0.433 e. The summed E-state index contributed by atoms with van der Waals surface area (Å²) in [6.45, 7) is -1.67. The molecule has 5 nitrogen and oxygen atoms in total. The van der Waals surface area contributed by atoms with Gasteiger partial charge in [-0.3, -0.25) is 4.79 Å². The molecule has 1 heterocycles. The lowest BCUT2D eigenvalue weighted by atomic mass is 10.0. The second-order valence-electron chi connectivity index (χ2n) is 6.39. The van der Waals surface area contributed by atoms with Crippen LogP contribution in [0.25, 0.3) is 0 Å². The number of hydrogen-bond acceptors (Lipinski definition) is 4. The molecule has 1 saturated heterocycles. The van der Waals surface area contributed by atoms with Crippen LogP contribution in [0.3, 0.4) is 0 Å². The van der Waals surface area contributed by atoms with E-state index in [4.69, 9.17) is 0 Å². The Kier molecular flexibility index (Phi) is 5.18. The highest BCUT2D eigenvalue weighted by Crippen LogP contribution is 2.32. The van der Waals surface area contributed by atoms with E-state index in [2.05, 4.69) is 10.1 Å². The Labute approximate surface area is 139 Å². The van der Waals surface area contributed by atoms with Gasteiger partial charge in [-0.25, -0.2) is 0 Å². The molecular formula is C17H22F2N2O3. The number of anilines is 1. The van der Waals surface area contributed by atoms with Crippen molar-refractivity contribution in [3.05, 3.63) is 24.3 Å². The van der Waals surface area contributed by atoms with Gasteiger partial charge >= 0.3 is 6.61 Å². The van der Waals surface area contributed by atoms with Crippen molar-refractivity contribution < 1.29 is 23.4 Å². The fourth-order valence-corrected chi connectivity index (χ4v) is 3.57. The summed E-state index contributed by atoms with van der Waals surface area (Å²) in [4.78, 5) is 14.2. The molecule has 132 valence electrons.